The first-order valence-electron chi connectivity index (χ1n) is 5.16. The maximum Gasteiger partial charge on any atom is 0.0158 e. The van der Waals surface area contributed by atoms with Crippen molar-refractivity contribution in [2.75, 3.05) is 18.1 Å². The molecule has 1 nitrogen and oxygen atoms in total. The van der Waals surface area contributed by atoms with Gasteiger partial charge >= 0.3 is 0 Å². The Bertz CT molecular complexity index is 77.9. The SMILES string of the molecule is CCCCC(CSCC)NCC. The largest absolute Gasteiger partial charge is 0.313 e. The molecular formula is C10H23NS. The molecule has 0 rings (SSSR count). The fraction of sp³-hybridized carbons (Fsp3) is 1.00. The highest BCUT2D eigenvalue weighted by Gasteiger charge is 2.04. The highest BCUT2D eigenvalue weighted by molar-refractivity contribution is 7.99. The Morgan fingerprint density at radius 3 is 2.50 bits per heavy atom. The Balaban J connectivity index is 3.40. The summed E-state index contributed by atoms with van der Waals surface area (Å²) in [4.78, 5) is 0. The first kappa shape index (κ1) is 12.3. The number of hydrogen-bond acceptors (Lipinski definition) is 2. The van der Waals surface area contributed by atoms with Crippen LogP contribution in [-0.4, -0.2) is 24.1 Å². The summed E-state index contributed by atoms with van der Waals surface area (Å²) in [7, 11) is 0. The van der Waals surface area contributed by atoms with Gasteiger partial charge in [-0.15, -0.1) is 0 Å². The summed E-state index contributed by atoms with van der Waals surface area (Å²) in [5.41, 5.74) is 0. The van der Waals surface area contributed by atoms with Gasteiger partial charge in [-0.25, -0.2) is 0 Å². The Morgan fingerprint density at radius 2 is 2.00 bits per heavy atom. The monoisotopic (exact) mass is 189 g/mol. The molecule has 1 atom stereocenters. The molecule has 0 fully saturated rings. The number of rotatable bonds is 8. The quantitative estimate of drug-likeness (QED) is 0.630. The van der Waals surface area contributed by atoms with E-state index in [9.17, 15) is 0 Å². The van der Waals surface area contributed by atoms with E-state index in [2.05, 4.69) is 26.1 Å². The molecule has 0 aliphatic carbocycles. The molecule has 0 saturated carbocycles. The zero-order valence-corrected chi connectivity index (χ0v) is 9.54. The molecule has 0 amide bonds. The minimum absolute atomic E-state index is 0.750. The van der Waals surface area contributed by atoms with Crippen LogP contribution in [0.25, 0.3) is 0 Å². The Morgan fingerprint density at radius 1 is 1.25 bits per heavy atom. The van der Waals surface area contributed by atoms with Crippen molar-refractivity contribution >= 4 is 11.8 Å². The second-order valence-corrected chi connectivity index (χ2v) is 4.38. The van der Waals surface area contributed by atoms with Crippen LogP contribution in [0.5, 0.6) is 0 Å². The molecule has 12 heavy (non-hydrogen) atoms. The molecular weight excluding hydrogens is 166 g/mol. The lowest BCUT2D eigenvalue weighted by Gasteiger charge is -2.16. The van der Waals surface area contributed by atoms with E-state index in [0.717, 1.165) is 12.6 Å². The molecule has 0 aromatic heterocycles. The summed E-state index contributed by atoms with van der Waals surface area (Å²) in [5, 5.41) is 3.53. The highest BCUT2D eigenvalue weighted by Crippen LogP contribution is 2.08. The first-order chi connectivity index (χ1) is 5.85. The van der Waals surface area contributed by atoms with Gasteiger partial charge in [0.25, 0.3) is 0 Å². The summed E-state index contributed by atoms with van der Waals surface area (Å²) in [5.74, 6) is 2.53. The van der Waals surface area contributed by atoms with Crippen molar-refractivity contribution < 1.29 is 0 Å². The van der Waals surface area contributed by atoms with E-state index >= 15 is 0 Å². The molecule has 0 radical (unpaired) electrons. The predicted octanol–water partition coefficient (Wildman–Crippen LogP) is 2.91. The lowest BCUT2D eigenvalue weighted by Crippen LogP contribution is -2.31. The van der Waals surface area contributed by atoms with Crippen molar-refractivity contribution in [1.82, 2.24) is 5.32 Å². The Labute approximate surface area is 81.7 Å². The summed E-state index contributed by atoms with van der Waals surface area (Å²) in [6.45, 7) is 7.79. The molecule has 0 heterocycles. The van der Waals surface area contributed by atoms with E-state index in [0.29, 0.717) is 0 Å². The molecule has 1 unspecified atom stereocenters. The van der Waals surface area contributed by atoms with Crippen LogP contribution in [0.4, 0.5) is 0 Å². The van der Waals surface area contributed by atoms with Gasteiger partial charge in [-0.3, -0.25) is 0 Å². The fourth-order valence-electron chi connectivity index (χ4n) is 1.24. The molecule has 0 bridgehead atoms. The Hall–Kier alpha value is 0.310. The van der Waals surface area contributed by atoms with Crippen LogP contribution >= 0.6 is 11.8 Å². The third-order valence-electron chi connectivity index (χ3n) is 1.92. The number of thioether (sulfide) groups is 1. The summed E-state index contributed by atoms with van der Waals surface area (Å²) < 4.78 is 0. The second kappa shape index (κ2) is 9.40. The van der Waals surface area contributed by atoms with Gasteiger partial charge in [-0.1, -0.05) is 33.6 Å². The third-order valence-corrected chi connectivity index (χ3v) is 2.97. The summed E-state index contributed by atoms with van der Waals surface area (Å²) >= 11 is 2.04. The Kier molecular flexibility index (Phi) is 9.64. The minimum Gasteiger partial charge on any atom is -0.313 e. The standard InChI is InChI=1S/C10H23NS/c1-4-7-8-10(11-5-2)9-12-6-3/h10-11H,4-9H2,1-3H3. The van der Waals surface area contributed by atoms with Crippen LogP contribution in [0.15, 0.2) is 0 Å². The van der Waals surface area contributed by atoms with E-state index in [1.54, 1.807) is 0 Å². The van der Waals surface area contributed by atoms with Crippen molar-refractivity contribution in [3.63, 3.8) is 0 Å². The van der Waals surface area contributed by atoms with Crippen LogP contribution in [0.1, 0.15) is 40.0 Å². The van der Waals surface area contributed by atoms with Gasteiger partial charge in [0.15, 0.2) is 0 Å². The highest BCUT2D eigenvalue weighted by atomic mass is 32.2. The van der Waals surface area contributed by atoms with E-state index in [-0.39, 0.29) is 0 Å². The number of hydrogen-bond donors (Lipinski definition) is 1. The van der Waals surface area contributed by atoms with Gasteiger partial charge in [0.2, 0.25) is 0 Å². The predicted molar refractivity (Wildman–Crippen MR) is 60.0 cm³/mol. The molecule has 2 heteroatoms. The van der Waals surface area contributed by atoms with Crippen molar-refractivity contribution in [2.24, 2.45) is 0 Å². The van der Waals surface area contributed by atoms with Gasteiger partial charge < -0.3 is 5.32 Å². The second-order valence-electron chi connectivity index (χ2n) is 3.06. The molecule has 0 saturated heterocycles. The number of nitrogens with one attached hydrogen (secondary N) is 1. The van der Waals surface area contributed by atoms with Crippen molar-refractivity contribution in [2.45, 2.75) is 46.1 Å². The molecule has 0 aromatic carbocycles. The van der Waals surface area contributed by atoms with Crippen LogP contribution < -0.4 is 5.32 Å². The molecule has 74 valence electrons. The van der Waals surface area contributed by atoms with Crippen LogP contribution in [-0.2, 0) is 0 Å². The van der Waals surface area contributed by atoms with Crippen LogP contribution in [0.3, 0.4) is 0 Å². The molecule has 0 aromatic rings. The van der Waals surface area contributed by atoms with Gasteiger partial charge in [-0.05, 0) is 18.7 Å². The zero-order valence-electron chi connectivity index (χ0n) is 8.73. The van der Waals surface area contributed by atoms with E-state index < -0.39 is 0 Å². The van der Waals surface area contributed by atoms with Crippen molar-refractivity contribution in [3.8, 4) is 0 Å². The molecule has 0 spiro atoms. The normalized spacial score (nSPS) is 13.2. The first-order valence-corrected chi connectivity index (χ1v) is 6.31. The maximum atomic E-state index is 3.53. The fourth-order valence-corrected chi connectivity index (χ4v) is 2.05. The average Bonchev–Trinajstić information content (AvgIpc) is 2.10. The lowest BCUT2D eigenvalue weighted by molar-refractivity contribution is 0.515. The van der Waals surface area contributed by atoms with Gasteiger partial charge in [0, 0.05) is 11.8 Å². The van der Waals surface area contributed by atoms with Gasteiger partial charge in [0.05, 0.1) is 0 Å². The van der Waals surface area contributed by atoms with E-state index in [4.69, 9.17) is 0 Å². The molecule has 0 aliphatic rings. The summed E-state index contributed by atoms with van der Waals surface area (Å²) in [6.07, 6.45) is 4.03. The van der Waals surface area contributed by atoms with Gasteiger partial charge in [0.1, 0.15) is 0 Å². The lowest BCUT2D eigenvalue weighted by atomic mass is 10.1. The average molecular weight is 189 g/mol. The topological polar surface area (TPSA) is 12.0 Å². The van der Waals surface area contributed by atoms with E-state index in [1.165, 1.54) is 30.8 Å². The third kappa shape index (κ3) is 6.99. The molecule has 1 N–H and O–H groups in total. The van der Waals surface area contributed by atoms with Crippen LogP contribution in [0.2, 0.25) is 0 Å². The van der Waals surface area contributed by atoms with Crippen LogP contribution in [0, 0.1) is 0 Å². The summed E-state index contributed by atoms with van der Waals surface area (Å²) in [6, 6.07) is 0.750. The minimum atomic E-state index is 0.750. The van der Waals surface area contributed by atoms with E-state index in [1.807, 2.05) is 11.8 Å². The molecule has 0 aliphatic heterocycles. The smallest absolute Gasteiger partial charge is 0.0158 e. The van der Waals surface area contributed by atoms with Crippen molar-refractivity contribution in [1.29, 1.82) is 0 Å². The zero-order chi connectivity index (χ0) is 9.23. The maximum absolute atomic E-state index is 3.53. The van der Waals surface area contributed by atoms with Gasteiger partial charge in [-0.2, -0.15) is 11.8 Å². The van der Waals surface area contributed by atoms with Crippen molar-refractivity contribution in [3.05, 3.63) is 0 Å². The number of unbranched alkanes of at least 4 members (excludes halogenated alkanes) is 1.